The molecule has 0 aliphatic carbocycles. The molecular weight excluding hydrogens is 1120 g/mol. The van der Waals surface area contributed by atoms with Gasteiger partial charge in [-0.2, -0.15) is 0 Å². The Morgan fingerprint density at radius 3 is 0.865 bits per heavy atom. The van der Waals surface area contributed by atoms with E-state index in [1.165, 1.54) is 353 Å². The van der Waals surface area contributed by atoms with Gasteiger partial charge in [-0.05, 0) is 70.6 Å². The van der Waals surface area contributed by atoms with Crippen molar-refractivity contribution in [1.82, 2.24) is 0 Å². The Bertz CT molecular complexity index is 1550. The van der Waals surface area contributed by atoms with Crippen LogP contribution in [-0.4, -0.2) is 49.3 Å². The van der Waals surface area contributed by atoms with Gasteiger partial charge in [-0.3, -0.25) is 18.6 Å². The summed E-state index contributed by atoms with van der Waals surface area (Å²) in [5.41, 5.74) is 5.41. The standard InChI is InChI=1S/C79H152NO8P/c1-3-5-7-9-11-13-15-17-19-21-23-25-27-29-31-33-35-37-38-40-41-43-45-47-49-51-53-55-57-59-61-63-65-67-69-71-78(81)85-75-77(76-87-89(83,84)86-74-73-80)88-79(82)72-70-68-66-64-62-60-58-56-54-52-50-48-46-44-42-39-36-34-32-30-28-26-24-22-20-18-16-14-12-10-8-6-4-2/h16,18,21-24,77H,3-15,17,19-20,25-76,80H2,1-2H3,(H,83,84)/b18-16-,23-21-,24-22-. The Kier molecular flexibility index (Phi) is 73.8. The summed E-state index contributed by atoms with van der Waals surface area (Å²) < 4.78 is 33.3. The first-order valence-electron chi connectivity index (χ1n) is 39.5. The maximum absolute atomic E-state index is 12.8. The second-order valence-electron chi connectivity index (χ2n) is 26.9. The fourth-order valence-electron chi connectivity index (χ4n) is 12.1. The highest BCUT2D eigenvalue weighted by molar-refractivity contribution is 7.47. The molecule has 3 N–H and O–H groups in total. The molecule has 0 spiro atoms. The monoisotopic (exact) mass is 1270 g/mol. The fourth-order valence-corrected chi connectivity index (χ4v) is 12.9. The lowest BCUT2D eigenvalue weighted by Crippen LogP contribution is -2.29. The van der Waals surface area contributed by atoms with Gasteiger partial charge in [0.25, 0.3) is 0 Å². The van der Waals surface area contributed by atoms with Crippen molar-refractivity contribution >= 4 is 19.8 Å². The topological polar surface area (TPSA) is 134 Å². The van der Waals surface area contributed by atoms with E-state index in [9.17, 15) is 19.0 Å². The number of hydrogen-bond acceptors (Lipinski definition) is 8. The van der Waals surface area contributed by atoms with Gasteiger partial charge in [0.05, 0.1) is 13.2 Å². The molecule has 0 amide bonds. The van der Waals surface area contributed by atoms with Crippen LogP contribution in [-0.2, 0) is 32.7 Å². The van der Waals surface area contributed by atoms with Crippen LogP contribution in [0.15, 0.2) is 36.5 Å². The number of ether oxygens (including phenoxy) is 2. The minimum Gasteiger partial charge on any atom is -0.462 e. The molecule has 0 heterocycles. The van der Waals surface area contributed by atoms with Crippen molar-refractivity contribution in [3.8, 4) is 0 Å². The molecule has 526 valence electrons. The molecule has 0 aromatic heterocycles. The summed E-state index contributed by atoms with van der Waals surface area (Å²) >= 11 is 0. The smallest absolute Gasteiger partial charge is 0.462 e. The van der Waals surface area contributed by atoms with E-state index in [2.05, 4.69) is 50.3 Å². The first-order chi connectivity index (χ1) is 43.8. The third-order valence-electron chi connectivity index (χ3n) is 18.0. The van der Waals surface area contributed by atoms with Crippen molar-refractivity contribution in [2.45, 2.75) is 431 Å². The highest BCUT2D eigenvalue weighted by Gasteiger charge is 2.26. The lowest BCUT2D eigenvalue weighted by atomic mass is 10.0. The van der Waals surface area contributed by atoms with Gasteiger partial charge in [-0.25, -0.2) is 4.57 Å². The van der Waals surface area contributed by atoms with Gasteiger partial charge in [0.15, 0.2) is 6.10 Å². The molecule has 9 nitrogen and oxygen atoms in total. The lowest BCUT2D eigenvalue weighted by Gasteiger charge is -2.19. The number of esters is 2. The zero-order chi connectivity index (χ0) is 64.4. The van der Waals surface area contributed by atoms with Crippen LogP contribution in [0.1, 0.15) is 425 Å². The van der Waals surface area contributed by atoms with E-state index in [1.807, 2.05) is 0 Å². The van der Waals surface area contributed by atoms with Crippen molar-refractivity contribution in [2.24, 2.45) is 5.73 Å². The SMILES string of the molecule is CCCCCCC/C=C\C/C=C\CCCCCCCCCCCCCCCCCCCCCCCC(=O)OC(COC(=O)CCCCCCCCCCCCCCCCCCCCCCCCC/C=C\CCCCCCCCCC)COP(=O)(O)OCCN. The van der Waals surface area contributed by atoms with Crippen LogP contribution in [0.3, 0.4) is 0 Å². The Balaban J connectivity index is 3.76. The van der Waals surface area contributed by atoms with Crippen molar-refractivity contribution in [3.63, 3.8) is 0 Å². The molecule has 0 rings (SSSR count). The zero-order valence-electron chi connectivity index (χ0n) is 59.5. The lowest BCUT2D eigenvalue weighted by molar-refractivity contribution is -0.161. The quantitative estimate of drug-likeness (QED) is 0.0264. The molecule has 0 aromatic carbocycles. The Morgan fingerprint density at radius 2 is 0.584 bits per heavy atom. The van der Waals surface area contributed by atoms with Gasteiger partial charge in [-0.15, -0.1) is 0 Å². The molecule has 0 saturated carbocycles. The molecule has 0 aromatic rings. The Morgan fingerprint density at radius 1 is 0.337 bits per heavy atom. The van der Waals surface area contributed by atoms with Gasteiger partial charge in [-0.1, -0.05) is 378 Å². The minimum atomic E-state index is -4.39. The van der Waals surface area contributed by atoms with Gasteiger partial charge in [0.2, 0.25) is 0 Å². The molecule has 0 aliphatic rings. The molecule has 0 saturated heterocycles. The highest BCUT2D eigenvalue weighted by atomic mass is 31.2. The van der Waals surface area contributed by atoms with Gasteiger partial charge in [0.1, 0.15) is 6.61 Å². The first kappa shape index (κ1) is 87.2. The number of rotatable bonds is 76. The maximum atomic E-state index is 12.8. The van der Waals surface area contributed by atoms with Crippen molar-refractivity contribution < 1.29 is 37.6 Å². The molecule has 89 heavy (non-hydrogen) atoms. The molecule has 0 radical (unpaired) electrons. The van der Waals surface area contributed by atoms with Gasteiger partial charge < -0.3 is 20.1 Å². The number of carbonyl (C=O) groups is 2. The van der Waals surface area contributed by atoms with E-state index in [4.69, 9.17) is 24.3 Å². The fraction of sp³-hybridized carbons (Fsp3) is 0.899. The van der Waals surface area contributed by atoms with Gasteiger partial charge >= 0.3 is 19.8 Å². The van der Waals surface area contributed by atoms with E-state index in [0.717, 1.165) is 38.5 Å². The summed E-state index contributed by atoms with van der Waals surface area (Å²) in [4.78, 5) is 35.4. The van der Waals surface area contributed by atoms with Crippen LogP contribution in [0.2, 0.25) is 0 Å². The number of carbonyl (C=O) groups excluding carboxylic acids is 2. The number of hydrogen-bond donors (Lipinski definition) is 2. The second-order valence-corrected chi connectivity index (χ2v) is 28.4. The normalized spacial score (nSPS) is 13.0. The molecule has 0 bridgehead atoms. The van der Waals surface area contributed by atoms with Gasteiger partial charge in [0, 0.05) is 19.4 Å². The summed E-state index contributed by atoms with van der Waals surface area (Å²) in [5.74, 6) is -0.801. The summed E-state index contributed by atoms with van der Waals surface area (Å²) in [6, 6.07) is 0. The van der Waals surface area contributed by atoms with E-state index in [1.54, 1.807) is 0 Å². The van der Waals surface area contributed by atoms with Crippen LogP contribution in [0, 0.1) is 0 Å². The van der Waals surface area contributed by atoms with E-state index >= 15 is 0 Å². The molecule has 2 unspecified atom stereocenters. The molecular formula is C79H152NO8P. The van der Waals surface area contributed by atoms with Crippen molar-refractivity contribution in [2.75, 3.05) is 26.4 Å². The summed E-state index contributed by atoms with van der Waals surface area (Å²) in [6.45, 7) is 3.82. The van der Waals surface area contributed by atoms with Crippen LogP contribution in [0.5, 0.6) is 0 Å². The number of phosphoric acid groups is 1. The van der Waals surface area contributed by atoms with Crippen molar-refractivity contribution in [3.05, 3.63) is 36.5 Å². The first-order valence-corrected chi connectivity index (χ1v) is 41.0. The molecule has 0 fully saturated rings. The summed E-state index contributed by atoms with van der Waals surface area (Å²) in [5, 5.41) is 0. The molecule has 2 atom stereocenters. The van der Waals surface area contributed by atoms with Crippen molar-refractivity contribution in [1.29, 1.82) is 0 Å². The average Bonchev–Trinajstić information content (AvgIpc) is 3.58. The number of nitrogens with two attached hydrogens (primary N) is 1. The second kappa shape index (κ2) is 75.3. The largest absolute Gasteiger partial charge is 0.472 e. The van der Waals surface area contributed by atoms with Crippen LogP contribution < -0.4 is 5.73 Å². The third-order valence-corrected chi connectivity index (χ3v) is 19.0. The summed E-state index contributed by atoms with van der Waals surface area (Å²) in [7, 11) is -4.39. The predicted molar refractivity (Wildman–Crippen MR) is 386 cm³/mol. The number of unbranched alkanes of at least 4 members (excludes halogenated alkanes) is 57. The molecule has 10 heteroatoms. The van der Waals surface area contributed by atoms with Crippen LogP contribution >= 0.6 is 7.82 Å². The van der Waals surface area contributed by atoms with E-state index in [-0.39, 0.29) is 38.6 Å². The Labute approximate surface area is 554 Å². The van der Waals surface area contributed by atoms with Crippen LogP contribution in [0.25, 0.3) is 0 Å². The number of phosphoric ester groups is 1. The maximum Gasteiger partial charge on any atom is 0.472 e. The predicted octanol–water partition coefficient (Wildman–Crippen LogP) is 26.2. The van der Waals surface area contributed by atoms with E-state index in [0.29, 0.717) is 6.42 Å². The molecule has 0 aliphatic heterocycles. The average molecular weight is 1280 g/mol. The minimum absolute atomic E-state index is 0.0566. The Hall–Kier alpha value is -1.77. The number of allylic oxidation sites excluding steroid dienone is 6. The third kappa shape index (κ3) is 75.1. The highest BCUT2D eigenvalue weighted by Crippen LogP contribution is 2.43. The summed E-state index contributed by atoms with van der Waals surface area (Å²) in [6.07, 6.45) is 95.7. The van der Waals surface area contributed by atoms with E-state index < -0.39 is 26.5 Å². The van der Waals surface area contributed by atoms with Crippen LogP contribution in [0.4, 0.5) is 0 Å². The zero-order valence-corrected chi connectivity index (χ0v) is 60.3.